The molecule has 196 valence electrons. The zero-order valence-electron chi connectivity index (χ0n) is 20.6. The van der Waals surface area contributed by atoms with Gasteiger partial charge in [0.25, 0.3) is 5.91 Å². The minimum absolute atomic E-state index is 0.0359. The van der Waals surface area contributed by atoms with Gasteiger partial charge in [0, 0.05) is 17.8 Å². The molecule has 14 nitrogen and oxygen atoms in total. The molecule has 1 unspecified atom stereocenters. The Morgan fingerprint density at radius 2 is 2.11 bits per heavy atom. The van der Waals surface area contributed by atoms with Gasteiger partial charge in [0.1, 0.15) is 17.1 Å². The Hall–Kier alpha value is -4.20. The summed E-state index contributed by atoms with van der Waals surface area (Å²) in [5, 5.41) is 17.5. The summed E-state index contributed by atoms with van der Waals surface area (Å²) >= 11 is 0. The van der Waals surface area contributed by atoms with Gasteiger partial charge < -0.3 is 29.8 Å². The molecule has 14 heteroatoms. The molecular weight excluding hydrogens is 484 g/mol. The number of imidazole rings is 1. The van der Waals surface area contributed by atoms with Gasteiger partial charge in [-0.3, -0.25) is 14.8 Å². The summed E-state index contributed by atoms with van der Waals surface area (Å²) in [6.45, 7) is 5.87. The van der Waals surface area contributed by atoms with Crippen LogP contribution in [0, 0.1) is 0 Å². The van der Waals surface area contributed by atoms with E-state index in [4.69, 9.17) is 9.47 Å². The van der Waals surface area contributed by atoms with Crippen LogP contribution in [0.5, 0.6) is 5.88 Å². The minimum atomic E-state index is -0.916. The number of aromatic nitrogens is 5. The summed E-state index contributed by atoms with van der Waals surface area (Å²) < 4.78 is 12.6. The Morgan fingerprint density at radius 1 is 1.32 bits per heavy atom. The first kappa shape index (κ1) is 24.5. The van der Waals surface area contributed by atoms with Crippen LogP contribution >= 0.6 is 0 Å². The SMILES string of the molecule is CC(C)(C)OC(=O)N1CCOC(C(=O)Nc2cc(=NC3CC3)n3nc/c(=C/c4[nH]c(=O)[nH]c4O)c3n2)C1. The van der Waals surface area contributed by atoms with Gasteiger partial charge in [0.2, 0.25) is 5.88 Å². The maximum atomic E-state index is 13.1. The van der Waals surface area contributed by atoms with E-state index in [9.17, 15) is 19.5 Å². The van der Waals surface area contributed by atoms with Crippen molar-refractivity contribution < 1.29 is 24.2 Å². The predicted molar refractivity (Wildman–Crippen MR) is 130 cm³/mol. The highest BCUT2D eigenvalue weighted by atomic mass is 16.6. The van der Waals surface area contributed by atoms with Crippen molar-refractivity contribution in [1.29, 1.82) is 0 Å². The van der Waals surface area contributed by atoms with E-state index in [1.54, 1.807) is 26.8 Å². The molecule has 3 aromatic rings. The maximum absolute atomic E-state index is 13.1. The first-order valence-corrected chi connectivity index (χ1v) is 11.9. The molecule has 1 aliphatic heterocycles. The number of morpholine rings is 1. The second-order valence-corrected chi connectivity index (χ2v) is 9.96. The molecule has 4 heterocycles. The first-order valence-electron chi connectivity index (χ1n) is 11.9. The van der Waals surface area contributed by atoms with E-state index in [0.717, 1.165) is 12.8 Å². The number of fused-ring (bicyclic) bond motifs is 1. The third-order valence-electron chi connectivity index (χ3n) is 5.64. The van der Waals surface area contributed by atoms with E-state index in [1.165, 1.54) is 21.7 Å². The molecule has 4 N–H and O–H groups in total. The fourth-order valence-electron chi connectivity index (χ4n) is 3.77. The van der Waals surface area contributed by atoms with Crippen molar-refractivity contribution in [3.8, 4) is 5.88 Å². The van der Waals surface area contributed by atoms with Gasteiger partial charge >= 0.3 is 11.8 Å². The summed E-state index contributed by atoms with van der Waals surface area (Å²) in [7, 11) is 0. The fourth-order valence-corrected chi connectivity index (χ4v) is 3.77. The molecule has 5 rings (SSSR count). The molecule has 1 aliphatic carbocycles. The molecule has 37 heavy (non-hydrogen) atoms. The lowest BCUT2D eigenvalue weighted by Crippen LogP contribution is -2.51. The van der Waals surface area contributed by atoms with Crippen molar-refractivity contribution in [2.24, 2.45) is 4.99 Å². The number of nitrogens with zero attached hydrogens (tertiary/aromatic N) is 5. The molecule has 2 aliphatic rings. The van der Waals surface area contributed by atoms with Crippen molar-refractivity contribution >= 4 is 29.5 Å². The van der Waals surface area contributed by atoms with Crippen molar-refractivity contribution in [2.45, 2.75) is 51.4 Å². The zero-order chi connectivity index (χ0) is 26.3. The number of amides is 2. The number of hydrogen-bond donors (Lipinski definition) is 4. The molecule has 1 atom stereocenters. The summed E-state index contributed by atoms with van der Waals surface area (Å²) in [5.41, 5.74) is -0.195. The molecule has 2 fully saturated rings. The lowest BCUT2D eigenvalue weighted by Gasteiger charge is -2.33. The highest BCUT2D eigenvalue weighted by Crippen LogP contribution is 2.22. The minimum Gasteiger partial charge on any atom is -0.493 e. The molecule has 3 aromatic heterocycles. The molecule has 0 aromatic carbocycles. The van der Waals surface area contributed by atoms with Crippen LogP contribution < -0.4 is 21.7 Å². The highest BCUT2D eigenvalue weighted by molar-refractivity contribution is 5.94. The number of ether oxygens (including phenoxy) is 2. The van der Waals surface area contributed by atoms with E-state index in [-0.39, 0.29) is 36.6 Å². The number of nitrogens with one attached hydrogen (secondary N) is 3. The number of carbonyl (C=O) groups is 2. The van der Waals surface area contributed by atoms with Crippen LogP contribution in [0.15, 0.2) is 22.1 Å². The van der Waals surface area contributed by atoms with E-state index < -0.39 is 29.4 Å². The number of anilines is 1. The molecule has 0 radical (unpaired) electrons. The van der Waals surface area contributed by atoms with Crippen molar-refractivity contribution in [1.82, 2.24) is 29.5 Å². The smallest absolute Gasteiger partial charge is 0.410 e. The Labute approximate surface area is 210 Å². The Balaban J connectivity index is 1.43. The van der Waals surface area contributed by atoms with Crippen molar-refractivity contribution in [2.75, 3.05) is 25.0 Å². The van der Waals surface area contributed by atoms with Crippen molar-refractivity contribution in [3.05, 3.63) is 39.1 Å². The number of rotatable bonds is 4. The van der Waals surface area contributed by atoms with Crippen LogP contribution in [0.3, 0.4) is 0 Å². The van der Waals surface area contributed by atoms with Crippen molar-refractivity contribution in [3.63, 3.8) is 0 Å². The molecule has 2 amide bonds. The Kier molecular flexibility index (Phi) is 6.19. The van der Waals surface area contributed by atoms with Gasteiger partial charge in [-0.05, 0) is 39.7 Å². The molecule has 0 spiro atoms. The van der Waals surface area contributed by atoms with Crippen LogP contribution in [0.25, 0.3) is 11.7 Å². The Bertz CT molecular complexity index is 1530. The number of hydrogen-bond acceptors (Lipinski definition) is 9. The number of aromatic amines is 2. The standard InChI is InChI=1S/C23H28N8O6/c1-23(2,3)37-22(35)30-6-7-36-15(11-30)20(33)28-16-9-17(25-13-4-5-13)31-18(27-16)12(10-24-31)8-14-19(32)29-21(34)26-14/h8-10,13,15,32H,4-7,11H2,1-3H3,(H,28,33)(H2,26,29,34)/b12-8-,25-17?. The number of carbonyl (C=O) groups excluding carboxylic acids is 2. The summed E-state index contributed by atoms with van der Waals surface area (Å²) in [6, 6.07) is 1.78. The summed E-state index contributed by atoms with van der Waals surface area (Å²) in [5.74, 6) is -0.572. The lowest BCUT2D eigenvalue weighted by atomic mass is 10.2. The second kappa shape index (κ2) is 9.35. The third-order valence-corrected chi connectivity index (χ3v) is 5.64. The fraction of sp³-hybridized carbons (Fsp3) is 0.478. The van der Waals surface area contributed by atoms with Gasteiger partial charge in [0.05, 0.1) is 25.4 Å². The van der Waals surface area contributed by atoms with Crippen LogP contribution in [0.2, 0.25) is 0 Å². The number of H-pyrrole nitrogens is 2. The molecular formula is C23H28N8O6. The molecule has 0 bridgehead atoms. The van der Waals surface area contributed by atoms with Gasteiger partial charge in [-0.15, -0.1) is 0 Å². The van der Waals surface area contributed by atoms with Gasteiger partial charge in [-0.2, -0.15) is 9.61 Å². The maximum Gasteiger partial charge on any atom is 0.410 e. The number of aromatic hydroxyl groups is 1. The largest absolute Gasteiger partial charge is 0.493 e. The van der Waals surface area contributed by atoms with Gasteiger partial charge in [0.15, 0.2) is 17.2 Å². The third kappa shape index (κ3) is 5.63. The Morgan fingerprint density at radius 3 is 2.78 bits per heavy atom. The van der Waals surface area contributed by atoms with Crippen LogP contribution in [0.4, 0.5) is 10.6 Å². The molecule has 1 saturated heterocycles. The first-order chi connectivity index (χ1) is 17.6. The van der Waals surface area contributed by atoms with Crippen LogP contribution in [-0.4, -0.2) is 84.0 Å². The van der Waals surface area contributed by atoms with Crippen LogP contribution in [-0.2, 0) is 14.3 Å². The average Bonchev–Trinajstić information content (AvgIpc) is 3.46. The van der Waals surface area contributed by atoms with E-state index >= 15 is 0 Å². The highest BCUT2D eigenvalue weighted by Gasteiger charge is 2.32. The monoisotopic (exact) mass is 512 g/mol. The summed E-state index contributed by atoms with van der Waals surface area (Å²) in [6.07, 6.45) is 3.53. The average molecular weight is 513 g/mol. The van der Waals surface area contributed by atoms with Crippen LogP contribution in [0.1, 0.15) is 39.3 Å². The van der Waals surface area contributed by atoms with E-state index in [2.05, 4.69) is 30.4 Å². The zero-order valence-corrected chi connectivity index (χ0v) is 20.6. The van der Waals surface area contributed by atoms with E-state index in [0.29, 0.717) is 22.9 Å². The lowest BCUT2D eigenvalue weighted by molar-refractivity contribution is -0.132. The normalized spacial score (nSPS) is 19.4. The van der Waals surface area contributed by atoms with E-state index in [1.807, 2.05) is 0 Å². The second-order valence-electron chi connectivity index (χ2n) is 9.96. The van der Waals surface area contributed by atoms with Gasteiger partial charge in [-0.1, -0.05) is 0 Å². The van der Waals surface area contributed by atoms with Gasteiger partial charge in [-0.25, -0.2) is 14.6 Å². The predicted octanol–water partition coefficient (Wildman–Crippen LogP) is -0.363. The summed E-state index contributed by atoms with van der Waals surface area (Å²) in [4.78, 5) is 52.4. The molecule has 1 saturated carbocycles. The topological polar surface area (TPSA) is 179 Å². The quantitative estimate of drug-likeness (QED) is 0.366.